The highest BCUT2D eigenvalue weighted by atomic mass is 35.5. The largest absolute Gasteiger partial charge is 0.480 e. The van der Waals surface area contributed by atoms with Crippen molar-refractivity contribution in [2.75, 3.05) is 38.3 Å². The van der Waals surface area contributed by atoms with Gasteiger partial charge in [0.15, 0.2) is 5.82 Å². The van der Waals surface area contributed by atoms with E-state index in [0.717, 1.165) is 12.1 Å². The van der Waals surface area contributed by atoms with Crippen LogP contribution in [0.25, 0.3) is 22.0 Å². The summed E-state index contributed by atoms with van der Waals surface area (Å²) in [5, 5.41) is 18.4. The average Bonchev–Trinajstić information content (AvgIpc) is 2.90. The lowest BCUT2D eigenvalue weighted by molar-refractivity contribution is 0.122. The van der Waals surface area contributed by atoms with Crippen molar-refractivity contribution in [3.8, 4) is 17.0 Å². The number of hydrogen-bond donors (Lipinski definition) is 1. The molecule has 1 saturated heterocycles. The van der Waals surface area contributed by atoms with Crippen LogP contribution in [-0.2, 0) is 4.74 Å². The Hall–Kier alpha value is -3.47. The number of rotatable bonds is 5. The summed E-state index contributed by atoms with van der Waals surface area (Å²) in [6, 6.07) is 7.76. The molecule has 0 spiro atoms. The molecule has 0 unspecified atom stereocenters. The van der Waals surface area contributed by atoms with Crippen LogP contribution >= 0.6 is 11.6 Å². The van der Waals surface area contributed by atoms with Crippen LogP contribution in [0.4, 0.5) is 18.9 Å². The van der Waals surface area contributed by atoms with E-state index in [1.54, 1.807) is 4.90 Å². The minimum Gasteiger partial charge on any atom is -0.480 e. The van der Waals surface area contributed by atoms with Gasteiger partial charge in [-0.25, -0.2) is 13.2 Å². The number of nitrogens with zero attached hydrogens (tertiary/aromatic N) is 4. The molecule has 0 bridgehead atoms. The van der Waals surface area contributed by atoms with Gasteiger partial charge in [0.25, 0.3) is 0 Å². The highest BCUT2D eigenvalue weighted by Crippen LogP contribution is 2.39. The molecule has 3 heterocycles. The first kappa shape index (κ1) is 24.2. The average molecular weight is 517 g/mol. The number of fused-ring (bicyclic) bond motifs is 1. The number of aliphatic hydroxyl groups is 1. The molecule has 186 valence electrons. The summed E-state index contributed by atoms with van der Waals surface area (Å²) >= 11 is 6.24. The van der Waals surface area contributed by atoms with Gasteiger partial charge in [0.1, 0.15) is 23.3 Å². The third-order valence-electron chi connectivity index (χ3n) is 6.06. The van der Waals surface area contributed by atoms with E-state index < -0.39 is 23.6 Å². The van der Waals surface area contributed by atoms with Crippen LogP contribution < -0.4 is 9.64 Å². The second-order valence-electron chi connectivity index (χ2n) is 8.13. The van der Waals surface area contributed by atoms with Gasteiger partial charge >= 0.3 is 0 Å². The minimum absolute atomic E-state index is 0.0633. The van der Waals surface area contributed by atoms with Gasteiger partial charge in [-0.3, -0.25) is 4.98 Å². The first-order valence-corrected chi connectivity index (χ1v) is 11.4. The van der Waals surface area contributed by atoms with Gasteiger partial charge in [-0.05, 0) is 29.8 Å². The van der Waals surface area contributed by atoms with Crippen molar-refractivity contribution in [2.24, 2.45) is 0 Å². The molecule has 1 aliphatic heterocycles. The normalized spacial score (nSPS) is 14.8. The van der Waals surface area contributed by atoms with E-state index in [0.29, 0.717) is 26.3 Å². The van der Waals surface area contributed by atoms with Crippen LogP contribution in [0.3, 0.4) is 0 Å². The molecular formula is C25H20ClF3N4O3. The Morgan fingerprint density at radius 2 is 1.81 bits per heavy atom. The minimum atomic E-state index is -1.36. The Morgan fingerprint density at radius 3 is 2.50 bits per heavy atom. The molecule has 1 atom stereocenters. The number of methoxy groups -OCH3 is 1. The van der Waals surface area contributed by atoms with Crippen molar-refractivity contribution in [1.29, 1.82) is 0 Å². The molecule has 0 amide bonds. The number of halogens is 4. The Labute approximate surface area is 209 Å². The molecule has 0 radical (unpaired) electrons. The number of anilines is 1. The molecule has 0 saturated carbocycles. The van der Waals surface area contributed by atoms with Crippen molar-refractivity contribution in [3.63, 3.8) is 0 Å². The van der Waals surface area contributed by atoms with Gasteiger partial charge in [-0.1, -0.05) is 11.6 Å². The molecule has 2 aromatic carbocycles. The fourth-order valence-electron chi connectivity index (χ4n) is 4.23. The van der Waals surface area contributed by atoms with Gasteiger partial charge in [0.05, 0.1) is 31.7 Å². The fraction of sp³-hybridized carbons (Fsp3) is 0.240. The van der Waals surface area contributed by atoms with E-state index in [1.807, 2.05) is 0 Å². The lowest BCUT2D eigenvalue weighted by Gasteiger charge is -2.29. The van der Waals surface area contributed by atoms with Crippen LogP contribution in [0.5, 0.6) is 5.88 Å². The zero-order valence-corrected chi connectivity index (χ0v) is 19.8. The topological polar surface area (TPSA) is 80.6 Å². The van der Waals surface area contributed by atoms with Gasteiger partial charge in [0, 0.05) is 53.0 Å². The summed E-state index contributed by atoms with van der Waals surface area (Å²) in [6.07, 6.45) is -0.0830. The molecule has 1 N–H and O–H groups in total. The first-order valence-electron chi connectivity index (χ1n) is 11.0. The number of pyridine rings is 1. The number of morpholine rings is 1. The van der Waals surface area contributed by atoms with Crippen molar-refractivity contribution in [3.05, 3.63) is 76.3 Å². The Bertz CT molecular complexity index is 1430. The number of aromatic nitrogens is 3. The number of benzene rings is 2. The number of ether oxygens (including phenoxy) is 2. The Morgan fingerprint density at radius 1 is 1.03 bits per heavy atom. The SMILES string of the molecule is COc1ccc([C@H](O)c2cc(-c3ccnc4c(F)c(N5CCOCC5)cc(F)c34)c(F)cc2Cl)nn1. The molecule has 2 aromatic heterocycles. The van der Waals surface area contributed by atoms with E-state index in [4.69, 9.17) is 21.1 Å². The van der Waals surface area contributed by atoms with Gasteiger partial charge < -0.3 is 19.5 Å². The third-order valence-corrected chi connectivity index (χ3v) is 6.39. The highest BCUT2D eigenvalue weighted by molar-refractivity contribution is 6.31. The van der Waals surface area contributed by atoms with E-state index in [2.05, 4.69) is 15.2 Å². The molecule has 5 rings (SSSR count). The van der Waals surface area contributed by atoms with Crippen LogP contribution in [0.1, 0.15) is 17.4 Å². The van der Waals surface area contributed by atoms with Crippen molar-refractivity contribution in [1.82, 2.24) is 15.2 Å². The zero-order chi connectivity index (χ0) is 25.4. The Balaban J connectivity index is 1.63. The van der Waals surface area contributed by atoms with Gasteiger partial charge in [-0.2, -0.15) is 0 Å². The highest BCUT2D eigenvalue weighted by Gasteiger charge is 2.25. The smallest absolute Gasteiger partial charge is 0.233 e. The maximum absolute atomic E-state index is 15.5. The van der Waals surface area contributed by atoms with Gasteiger partial charge in [-0.15, -0.1) is 10.2 Å². The van der Waals surface area contributed by atoms with E-state index in [1.165, 1.54) is 37.6 Å². The summed E-state index contributed by atoms with van der Waals surface area (Å²) in [6.45, 7) is 1.60. The second-order valence-corrected chi connectivity index (χ2v) is 8.54. The van der Waals surface area contributed by atoms with Crippen LogP contribution in [0.2, 0.25) is 5.02 Å². The van der Waals surface area contributed by atoms with Gasteiger partial charge in [0.2, 0.25) is 5.88 Å². The molecule has 36 heavy (non-hydrogen) atoms. The van der Waals surface area contributed by atoms with E-state index >= 15 is 13.2 Å². The number of aliphatic hydroxyl groups excluding tert-OH is 1. The molecule has 4 aromatic rings. The quantitative estimate of drug-likeness (QED) is 0.412. The summed E-state index contributed by atoms with van der Waals surface area (Å²) < 4.78 is 56.3. The lowest BCUT2D eigenvalue weighted by Crippen LogP contribution is -2.36. The van der Waals surface area contributed by atoms with Crippen LogP contribution in [0.15, 0.2) is 42.6 Å². The summed E-state index contributed by atoms with van der Waals surface area (Å²) in [7, 11) is 1.42. The third kappa shape index (κ3) is 4.32. The fourth-order valence-corrected chi connectivity index (χ4v) is 4.49. The van der Waals surface area contributed by atoms with Crippen molar-refractivity contribution in [2.45, 2.75) is 6.10 Å². The second kappa shape index (κ2) is 9.88. The van der Waals surface area contributed by atoms with Crippen LogP contribution in [0, 0.1) is 17.5 Å². The lowest BCUT2D eigenvalue weighted by atomic mass is 9.95. The number of hydrogen-bond acceptors (Lipinski definition) is 7. The van der Waals surface area contributed by atoms with E-state index in [-0.39, 0.29) is 49.9 Å². The molecule has 0 aliphatic carbocycles. The van der Waals surface area contributed by atoms with Crippen molar-refractivity contribution < 1.29 is 27.8 Å². The van der Waals surface area contributed by atoms with Crippen molar-refractivity contribution >= 4 is 28.2 Å². The first-order chi connectivity index (χ1) is 17.4. The standard InChI is InChI=1S/C25H20ClF3N4O3/c1-35-21-3-2-19(31-32-21)25(34)15-10-14(17(27)11-16(15)26)13-4-5-30-24-22(13)18(28)12-20(23(24)29)33-6-8-36-9-7-33/h2-5,10-12,25,34H,6-9H2,1H3/t25-/m1/s1. The predicted octanol–water partition coefficient (Wildman–Crippen LogP) is 4.69. The maximum atomic E-state index is 15.5. The maximum Gasteiger partial charge on any atom is 0.233 e. The molecule has 7 nitrogen and oxygen atoms in total. The summed E-state index contributed by atoms with van der Waals surface area (Å²) in [5.41, 5.74) is 0.0730. The Kier molecular flexibility index (Phi) is 6.65. The molecule has 11 heteroatoms. The monoisotopic (exact) mass is 516 g/mol. The molecular weight excluding hydrogens is 497 g/mol. The predicted molar refractivity (Wildman–Crippen MR) is 128 cm³/mol. The molecule has 1 aliphatic rings. The van der Waals surface area contributed by atoms with E-state index in [9.17, 15) is 5.11 Å². The molecule has 1 fully saturated rings. The summed E-state index contributed by atoms with van der Waals surface area (Å²) in [4.78, 5) is 5.73. The zero-order valence-electron chi connectivity index (χ0n) is 19.0. The van der Waals surface area contributed by atoms with Crippen LogP contribution in [-0.4, -0.2) is 53.7 Å². The summed E-state index contributed by atoms with van der Waals surface area (Å²) in [5.74, 6) is -2.00.